The fraction of sp³-hybridized carbons (Fsp3) is 0.462. The molecule has 0 spiro atoms. The van der Waals surface area contributed by atoms with Gasteiger partial charge in [-0.2, -0.15) is 0 Å². The summed E-state index contributed by atoms with van der Waals surface area (Å²) in [6, 6.07) is 0. The molecule has 0 radical (unpaired) electrons. The van der Waals surface area contributed by atoms with Crippen molar-refractivity contribution in [2.24, 2.45) is 5.41 Å². The highest BCUT2D eigenvalue weighted by atomic mass is 16.5. The highest BCUT2D eigenvalue weighted by Gasteiger charge is 2.37. The second-order valence-electron chi connectivity index (χ2n) is 4.03. The zero-order valence-corrected chi connectivity index (χ0v) is 10.5. The van der Waals surface area contributed by atoms with E-state index in [1.54, 1.807) is 0 Å². The van der Waals surface area contributed by atoms with Crippen LogP contribution in [0, 0.1) is 5.41 Å². The van der Waals surface area contributed by atoms with E-state index in [9.17, 15) is 14.4 Å². The lowest BCUT2D eigenvalue weighted by atomic mass is 9.84. The monoisotopic (exact) mass is 252 g/mol. The molecule has 0 unspecified atom stereocenters. The molecule has 1 aliphatic rings. The first kappa shape index (κ1) is 14.2. The smallest absolute Gasteiger partial charge is 0.330 e. The number of esters is 2. The molecule has 0 N–H and O–H groups in total. The van der Waals surface area contributed by atoms with Gasteiger partial charge in [-0.25, -0.2) is 9.59 Å². The number of allylic oxidation sites excluding steroid dienone is 2. The van der Waals surface area contributed by atoms with Gasteiger partial charge in [0.05, 0.1) is 19.6 Å². The van der Waals surface area contributed by atoms with Crippen LogP contribution in [0.25, 0.3) is 0 Å². The molecule has 0 aromatic rings. The van der Waals surface area contributed by atoms with Crippen LogP contribution < -0.4 is 0 Å². The number of hydrogen-bond acceptors (Lipinski definition) is 5. The average Bonchev–Trinajstić information content (AvgIpc) is 2.75. The first-order valence-corrected chi connectivity index (χ1v) is 5.62. The molecule has 0 aliphatic heterocycles. The van der Waals surface area contributed by atoms with Gasteiger partial charge in [0.25, 0.3) is 0 Å². The molecular weight excluding hydrogens is 236 g/mol. The van der Waals surface area contributed by atoms with Crippen molar-refractivity contribution in [3.63, 3.8) is 0 Å². The van der Waals surface area contributed by atoms with Gasteiger partial charge in [-0.3, -0.25) is 4.79 Å². The van der Waals surface area contributed by atoms with Gasteiger partial charge in [0.2, 0.25) is 0 Å². The van der Waals surface area contributed by atoms with Gasteiger partial charge < -0.3 is 9.47 Å². The maximum absolute atomic E-state index is 11.9. The third-order valence-corrected chi connectivity index (χ3v) is 2.95. The fourth-order valence-corrected chi connectivity index (χ4v) is 1.89. The van der Waals surface area contributed by atoms with Crippen molar-refractivity contribution >= 4 is 17.7 Å². The molecule has 0 aromatic carbocycles. The predicted octanol–water partition coefficient (Wildman–Crippen LogP) is 1.18. The third-order valence-electron chi connectivity index (χ3n) is 2.95. The molecule has 1 aliphatic carbocycles. The molecule has 0 saturated heterocycles. The summed E-state index contributed by atoms with van der Waals surface area (Å²) in [7, 11) is 2.53. The molecule has 0 bridgehead atoms. The van der Waals surface area contributed by atoms with Gasteiger partial charge in [-0.05, 0) is 12.8 Å². The Morgan fingerprint density at radius 3 is 1.94 bits per heavy atom. The van der Waals surface area contributed by atoms with Gasteiger partial charge in [0, 0.05) is 18.6 Å². The van der Waals surface area contributed by atoms with Crippen molar-refractivity contribution in [1.82, 2.24) is 0 Å². The maximum atomic E-state index is 11.9. The molecule has 0 heterocycles. The zero-order valence-electron chi connectivity index (χ0n) is 10.5. The highest BCUT2D eigenvalue weighted by Crippen LogP contribution is 2.37. The van der Waals surface area contributed by atoms with Crippen molar-refractivity contribution in [2.45, 2.75) is 19.3 Å². The summed E-state index contributed by atoms with van der Waals surface area (Å²) in [5.74, 6) is -1.07. The van der Waals surface area contributed by atoms with Crippen molar-refractivity contribution in [3.05, 3.63) is 24.3 Å². The van der Waals surface area contributed by atoms with Gasteiger partial charge in [-0.15, -0.1) is 0 Å². The first-order chi connectivity index (χ1) is 8.54. The van der Waals surface area contributed by atoms with Gasteiger partial charge >= 0.3 is 11.9 Å². The SMILES string of the molecule is COC(=O)/C=C/C1(/C=C/C(=O)OC)CCCC1=O. The average molecular weight is 252 g/mol. The minimum absolute atomic E-state index is 0.0113. The van der Waals surface area contributed by atoms with Crippen LogP contribution in [-0.2, 0) is 23.9 Å². The molecule has 0 aromatic heterocycles. The van der Waals surface area contributed by atoms with Crippen LogP contribution >= 0.6 is 0 Å². The van der Waals surface area contributed by atoms with E-state index in [1.165, 1.54) is 38.5 Å². The zero-order chi connectivity index (χ0) is 13.6. The molecule has 1 fully saturated rings. The van der Waals surface area contributed by atoms with Crippen LogP contribution in [0.3, 0.4) is 0 Å². The van der Waals surface area contributed by atoms with E-state index in [2.05, 4.69) is 9.47 Å². The lowest BCUT2D eigenvalue weighted by Crippen LogP contribution is -2.21. The topological polar surface area (TPSA) is 69.7 Å². The maximum Gasteiger partial charge on any atom is 0.330 e. The summed E-state index contributed by atoms with van der Waals surface area (Å²) < 4.78 is 8.97. The minimum Gasteiger partial charge on any atom is -0.466 e. The number of methoxy groups -OCH3 is 2. The van der Waals surface area contributed by atoms with Crippen LogP contribution in [-0.4, -0.2) is 31.9 Å². The van der Waals surface area contributed by atoms with E-state index in [0.29, 0.717) is 12.8 Å². The number of Topliss-reactive ketones (excluding diaryl/α,β-unsaturated/α-hetero) is 1. The largest absolute Gasteiger partial charge is 0.466 e. The summed E-state index contributed by atoms with van der Waals surface area (Å²) in [5.41, 5.74) is -0.887. The van der Waals surface area contributed by atoms with Gasteiger partial charge in [0.1, 0.15) is 5.78 Å². The second kappa shape index (κ2) is 6.14. The lowest BCUT2D eigenvalue weighted by Gasteiger charge is -2.18. The van der Waals surface area contributed by atoms with E-state index < -0.39 is 17.4 Å². The molecule has 5 heteroatoms. The van der Waals surface area contributed by atoms with Gasteiger partial charge in [0.15, 0.2) is 0 Å². The van der Waals surface area contributed by atoms with Crippen LogP contribution in [0.2, 0.25) is 0 Å². The minimum atomic E-state index is -0.887. The van der Waals surface area contributed by atoms with Crippen LogP contribution in [0.4, 0.5) is 0 Å². The molecule has 5 nitrogen and oxygen atoms in total. The van der Waals surface area contributed by atoms with Crippen molar-refractivity contribution < 1.29 is 23.9 Å². The molecule has 0 amide bonds. The van der Waals surface area contributed by atoms with Crippen LogP contribution in [0.1, 0.15) is 19.3 Å². The summed E-state index contributed by atoms with van der Waals surface area (Å²) in [6.07, 6.45) is 7.16. The first-order valence-electron chi connectivity index (χ1n) is 5.62. The Balaban J connectivity index is 2.93. The number of ketones is 1. The normalized spacial score (nSPS) is 18.4. The second-order valence-corrected chi connectivity index (χ2v) is 4.03. The Labute approximate surface area is 105 Å². The Morgan fingerprint density at radius 2 is 1.61 bits per heavy atom. The quantitative estimate of drug-likeness (QED) is 0.555. The fourth-order valence-electron chi connectivity index (χ4n) is 1.89. The predicted molar refractivity (Wildman–Crippen MR) is 63.6 cm³/mol. The number of hydrogen-bond donors (Lipinski definition) is 0. The molecule has 0 atom stereocenters. The Bertz CT molecular complexity index is 380. The van der Waals surface area contributed by atoms with E-state index in [1.807, 2.05) is 0 Å². The van der Waals surface area contributed by atoms with E-state index in [4.69, 9.17) is 0 Å². The number of rotatable bonds is 4. The molecule has 1 saturated carbocycles. The number of ether oxygens (including phenoxy) is 2. The Hall–Kier alpha value is -1.91. The molecule has 18 heavy (non-hydrogen) atoms. The van der Waals surface area contributed by atoms with Crippen molar-refractivity contribution in [3.8, 4) is 0 Å². The van der Waals surface area contributed by atoms with E-state index in [0.717, 1.165) is 6.42 Å². The summed E-state index contributed by atoms with van der Waals surface area (Å²) in [4.78, 5) is 34.0. The van der Waals surface area contributed by atoms with Crippen molar-refractivity contribution in [2.75, 3.05) is 14.2 Å². The molecule has 98 valence electrons. The third kappa shape index (κ3) is 3.29. The van der Waals surface area contributed by atoms with E-state index >= 15 is 0 Å². The number of carbonyl (C=O) groups is 3. The van der Waals surface area contributed by atoms with Gasteiger partial charge in [-0.1, -0.05) is 12.2 Å². The standard InChI is InChI=1S/C13H16O5/c1-17-11(15)5-8-13(7-3-4-10(13)14)9-6-12(16)18-2/h5-6,8-9H,3-4,7H2,1-2H3/b8-5+,9-6+. The summed E-state index contributed by atoms with van der Waals surface area (Å²) >= 11 is 0. The molecule has 1 rings (SSSR count). The van der Waals surface area contributed by atoms with Crippen LogP contribution in [0.15, 0.2) is 24.3 Å². The Morgan fingerprint density at radius 1 is 1.11 bits per heavy atom. The summed E-state index contributed by atoms with van der Waals surface area (Å²) in [5, 5.41) is 0. The lowest BCUT2D eigenvalue weighted by molar-refractivity contribution is -0.135. The van der Waals surface area contributed by atoms with Crippen molar-refractivity contribution in [1.29, 1.82) is 0 Å². The van der Waals surface area contributed by atoms with Crippen LogP contribution in [0.5, 0.6) is 0 Å². The molecular formula is C13H16O5. The van der Waals surface area contributed by atoms with E-state index in [-0.39, 0.29) is 5.78 Å². The Kier molecular flexibility index (Phi) is 4.83. The summed E-state index contributed by atoms with van der Waals surface area (Å²) in [6.45, 7) is 0. The highest BCUT2D eigenvalue weighted by molar-refractivity contribution is 5.94. The number of carbonyl (C=O) groups excluding carboxylic acids is 3.